The molecule has 0 saturated carbocycles. The van der Waals surface area contributed by atoms with Gasteiger partial charge in [-0.05, 0) is 31.2 Å². The molecule has 0 aliphatic carbocycles. The number of methoxy groups -OCH3 is 1. The smallest absolute Gasteiger partial charge is 0.337 e. The third-order valence-electron chi connectivity index (χ3n) is 2.42. The first-order valence-corrected chi connectivity index (χ1v) is 7.80. The molecular weight excluding hydrogens is 310 g/mol. The highest BCUT2D eigenvalue weighted by atomic mass is 32.2. The van der Waals surface area contributed by atoms with Gasteiger partial charge in [0, 0.05) is 5.69 Å². The minimum atomic E-state index is -0.407. The van der Waals surface area contributed by atoms with E-state index >= 15 is 0 Å². The molecule has 2 aromatic rings. The number of carbonyl (C=O) groups is 2. The van der Waals surface area contributed by atoms with Gasteiger partial charge >= 0.3 is 5.97 Å². The van der Waals surface area contributed by atoms with Gasteiger partial charge in [0.2, 0.25) is 5.91 Å². The summed E-state index contributed by atoms with van der Waals surface area (Å²) in [5.74, 6) is -0.290. The average Bonchev–Trinajstić information content (AvgIpc) is 2.91. The van der Waals surface area contributed by atoms with Gasteiger partial charge in [-0.25, -0.2) is 4.79 Å². The zero-order chi connectivity index (χ0) is 15.2. The van der Waals surface area contributed by atoms with Crippen LogP contribution in [0.4, 0.5) is 5.69 Å². The van der Waals surface area contributed by atoms with Crippen LogP contribution in [0.1, 0.15) is 15.4 Å². The number of aromatic nitrogens is 2. The molecular formula is C13H13N3O3S2. The summed E-state index contributed by atoms with van der Waals surface area (Å²) >= 11 is 2.79. The Morgan fingerprint density at radius 3 is 2.57 bits per heavy atom. The van der Waals surface area contributed by atoms with Crippen molar-refractivity contribution in [2.24, 2.45) is 0 Å². The summed E-state index contributed by atoms with van der Waals surface area (Å²) in [7, 11) is 1.32. The molecule has 1 N–H and O–H groups in total. The van der Waals surface area contributed by atoms with Gasteiger partial charge in [-0.1, -0.05) is 23.1 Å². The second-order valence-corrected chi connectivity index (χ2v) is 6.40. The highest BCUT2D eigenvalue weighted by Crippen LogP contribution is 2.21. The number of nitrogens with one attached hydrogen (secondary N) is 1. The summed E-state index contributed by atoms with van der Waals surface area (Å²) in [6, 6.07) is 6.51. The molecule has 0 unspecified atom stereocenters. The Balaban J connectivity index is 1.86. The van der Waals surface area contributed by atoms with E-state index in [-0.39, 0.29) is 11.7 Å². The molecule has 0 aliphatic rings. The van der Waals surface area contributed by atoms with Crippen molar-refractivity contribution in [2.45, 2.75) is 11.3 Å². The van der Waals surface area contributed by atoms with Crippen LogP contribution in [0.5, 0.6) is 0 Å². The Morgan fingerprint density at radius 1 is 1.29 bits per heavy atom. The Labute approximate surface area is 129 Å². The lowest BCUT2D eigenvalue weighted by atomic mass is 10.2. The lowest BCUT2D eigenvalue weighted by Gasteiger charge is -2.05. The van der Waals surface area contributed by atoms with Crippen LogP contribution >= 0.6 is 23.1 Å². The quantitative estimate of drug-likeness (QED) is 0.672. The molecule has 0 saturated heterocycles. The van der Waals surface area contributed by atoms with Crippen LogP contribution in [-0.2, 0) is 9.53 Å². The van der Waals surface area contributed by atoms with Crippen LogP contribution in [0.25, 0.3) is 0 Å². The van der Waals surface area contributed by atoms with E-state index in [1.165, 1.54) is 30.2 Å². The lowest BCUT2D eigenvalue weighted by Crippen LogP contribution is -2.14. The minimum Gasteiger partial charge on any atom is -0.465 e. The zero-order valence-corrected chi connectivity index (χ0v) is 13.1. The fourth-order valence-corrected chi connectivity index (χ4v) is 3.08. The third-order valence-corrected chi connectivity index (χ3v) is 4.40. The zero-order valence-electron chi connectivity index (χ0n) is 11.5. The molecule has 0 radical (unpaired) electrons. The van der Waals surface area contributed by atoms with Crippen LogP contribution in [0.3, 0.4) is 0 Å². The normalized spacial score (nSPS) is 10.2. The Kier molecular flexibility index (Phi) is 5.29. The molecule has 8 heteroatoms. The number of esters is 1. The number of hydrogen-bond acceptors (Lipinski definition) is 7. The van der Waals surface area contributed by atoms with E-state index in [4.69, 9.17) is 0 Å². The number of carbonyl (C=O) groups excluding carboxylic acids is 2. The molecule has 0 bridgehead atoms. The molecule has 1 aromatic carbocycles. The molecule has 110 valence electrons. The molecule has 6 nitrogen and oxygen atoms in total. The van der Waals surface area contributed by atoms with Crippen molar-refractivity contribution in [1.82, 2.24) is 10.2 Å². The molecule has 21 heavy (non-hydrogen) atoms. The SMILES string of the molecule is COC(=O)c1ccc(NC(=O)CSc2nnc(C)s2)cc1. The maximum absolute atomic E-state index is 11.8. The van der Waals surface area contributed by atoms with E-state index in [2.05, 4.69) is 20.3 Å². The first-order chi connectivity index (χ1) is 10.1. The highest BCUT2D eigenvalue weighted by molar-refractivity contribution is 8.01. The van der Waals surface area contributed by atoms with Gasteiger partial charge in [0.05, 0.1) is 18.4 Å². The third kappa shape index (κ3) is 4.54. The Bertz CT molecular complexity index is 640. The first kappa shape index (κ1) is 15.5. The van der Waals surface area contributed by atoms with Crippen molar-refractivity contribution >= 4 is 40.7 Å². The Morgan fingerprint density at radius 2 is 2.00 bits per heavy atom. The number of aryl methyl sites for hydroxylation is 1. The second-order valence-electron chi connectivity index (χ2n) is 3.99. The lowest BCUT2D eigenvalue weighted by molar-refractivity contribution is -0.113. The van der Waals surface area contributed by atoms with Crippen LogP contribution in [0, 0.1) is 6.92 Å². The largest absolute Gasteiger partial charge is 0.465 e. The summed E-state index contributed by atoms with van der Waals surface area (Å²) < 4.78 is 5.37. The monoisotopic (exact) mass is 323 g/mol. The van der Waals surface area contributed by atoms with E-state index in [1.54, 1.807) is 24.3 Å². The van der Waals surface area contributed by atoms with Crippen molar-refractivity contribution in [3.05, 3.63) is 34.8 Å². The number of ether oxygens (including phenoxy) is 1. The minimum absolute atomic E-state index is 0.140. The number of amides is 1. The maximum Gasteiger partial charge on any atom is 0.337 e. The predicted molar refractivity (Wildman–Crippen MR) is 81.8 cm³/mol. The van der Waals surface area contributed by atoms with Crippen LogP contribution in [-0.4, -0.2) is 34.9 Å². The first-order valence-electron chi connectivity index (χ1n) is 5.99. The maximum atomic E-state index is 11.8. The van der Waals surface area contributed by atoms with E-state index < -0.39 is 5.97 Å². The molecule has 0 fully saturated rings. The summed E-state index contributed by atoms with van der Waals surface area (Å²) in [6.45, 7) is 1.87. The highest BCUT2D eigenvalue weighted by Gasteiger charge is 2.08. The number of thioether (sulfide) groups is 1. The molecule has 1 amide bonds. The van der Waals surface area contributed by atoms with Crippen LogP contribution in [0.15, 0.2) is 28.6 Å². The van der Waals surface area contributed by atoms with Gasteiger partial charge in [-0.2, -0.15) is 0 Å². The molecule has 1 aromatic heterocycles. The summed E-state index contributed by atoms with van der Waals surface area (Å²) in [5.41, 5.74) is 1.07. The van der Waals surface area contributed by atoms with Crippen molar-refractivity contribution in [3.8, 4) is 0 Å². The van der Waals surface area contributed by atoms with Gasteiger partial charge < -0.3 is 10.1 Å². The number of nitrogens with zero attached hydrogens (tertiary/aromatic N) is 2. The van der Waals surface area contributed by atoms with Gasteiger partial charge in [0.1, 0.15) is 5.01 Å². The summed E-state index contributed by atoms with van der Waals surface area (Å²) in [5, 5.41) is 11.4. The average molecular weight is 323 g/mol. The van der Waals surface area contributed by atoms with E-state index in [0.717, 1.165) is 9.35 Å². The Hall–Kier alpha value is -1.93. The number of rotatable bonds is 5. The fraction of sp³-hybridized carbons (Fsp3) is 0.231. The van der Waals surface area contributed by atoms with Crippen molar-refractivity contribution in [2.75, 3.05) is 18.2 Å². The van der Waals surface area contributed by atoms with E-state index in [9.17, 15) is 9.59 Å². The van der Waals surface area contributed by atoms with Crippen LogP contribution < -0.4 is 5.32 Å². The van der Waals surface area contributed by atoms with Gasteiger partial charge in [-0.3, -0.25) is 4.79 Å². The molecule has 1 heterocycles. The fourth-order valence-electron chi connectivity index (χ4n) is 1.47. The number of benzene rings is 1. The molecule has 0 aliphatic heterocycles. The van der Waals surface area contributed by atoms with Gasteiger partial charge in [0.15, 0.2) is 4.34 Å². The van der Waals surface area contributed by atoms with Crippen LogP contribution in [0.2, 0.25) is 0 Å². The van der Waals surface area contributed by atoms with Crippen molar-refractivity contribution in [1.29, 1.82) is 0 Å². The second kappa shape index (κ2) is 7.19. The predicted octanol–water partition coefficient (Wildman–Crippen LogP) is 2.36. The molecule has 2 rings (SSSR count). The summed E-state index contributed by atoms with van der Waals surface area (Å²) in [4.78, 5) is 23.1. The number of anilines is 1. The van der Waals surface area contributed by atoms with Crippen molar-refractivity contribution in [3.63, 3.8) is 0 Å². The van der Waals surface area contributed by atoms with Gasteiger partial charge in [-0.15, -0.1) is 10.2 Å². The standard InChI is InChI=1S/C13H13N3O3S2/c1-8-15-16-13(21-8)20-7-11(17)14-10-5-3-9(4-6-10)12(18)19-2/h3-6H,7H2,1-2H3,(H,14,17). The van der Waals surface area contributed by atoms with E-state index in [1.807, 2.05) is 6.92 Å². The summed E-state index contributed by atoms with van der Waals surface area (Å²) in [6.07, 6.45) is 0. The molecule has 0 spiro atoms. The van der Waals surface area contributed by atoms with Crippen molar-refractivity contribution < 1.29 is 14.3 Å². The van der Waals surface area contributed by atoms with E-state index in [0.29, 0.717) is 11.3 Å². The molecule has 0 atom stereocenters. The van der Waals surface area contributed by atoms with Gasteiger partial charge in [0.25, 0.3) is 0 Å². The number of hydrogen-bond donors (Lipinski definition) is 1. The topological polar surface area (TPSA) is 81.2 Å².